The minimum Gasteiger partial charge on any atom is -0.463 e. The van der Waals surface area contributed by atoms with Crippen LogP contribution in [0.5, 0.6) is 0 Å². The van der Waals surface area contributed by atoms with Crippen molar-refractivity contribution >= 4 is 5.97 Å². The number of hydrogen-bond donors (Lipinski definition) is 2. The lowest BCUT2D eigenvalue weighted by molar-refractivity contribution is -0.144. The van der Waals surface area contributed by atoms with E-state index in [2.05, 4.69) is 54.7 Å². The third-order valence-corrected chi connectivity index (χ3v) is 3.37. The van der Waals surface area contributed by atoms with Crippen molar-refractivity contribution < 1.29 is 14.6 Å². The molecule has 0 atom stereocenters. The highest BCUT2D eigenvalue weighted by molar-refractivity contribution is 5.69. The Balaban J connectivity index is 3.54. The van der Waals surface area contributed by atoms with E-state index in [4.69, 9.17) is 15.6 Å². The van der Waals surface area contributed by atoms with E-state index in [0.717, 1.165) is 32.1 Å². The van der Waals surface area contributed by atoms with Crippen LogP contribution in [-0.4, -0.2) is 30.8 Å². The Labute approximate surface area is 164 Å². The van der Waals surface area contributed by atoms with Crippen molar-refractivity contribution in [2.75, 3.05) is 19.8 Å². The van der Waals surface area contributed by atoms with Crippen LogP contribution in [0.3, 0.4) is 0 Å². The summed E-state index contributed by atoms with van der Waals surface area (Å²) in [6.07, 6.45) is 31.0. The number of carbonyl (C=O) groups is 1. The highest BCUT2D eigenvalue weighted by Gasteiger charge is 1.98. The average molecular weight is 374 g/mol. The predicted molar refractivity (Wildman–Crippen MR) is 114 cm³/mol. The highest BCUT2D eigenvalue weighted by atomic mass is 16.5. The van der Waals surface area contributed by atoms with Gasteiger partial charge in [-0.2, -0.15) is 0 Å². The first-order valence-electron chi connectivity index (χ1n) is 9.67. The van der Waals surface area contributed by atoms with Gasteiger partial charge in [0, 0.05) is 13.0 Å². The zero-order valence-corrected chi connectivity index (χ0v) is 16.3. The molecule has 27 heavy (non-hydrogen) atoms. The van der Waals surface area contributed by atoms with Crippen LogP contribution >= 0.6 is 0 Å². The van der Waals surface area contributed by atoms with Gasteiger partial charge in [0.1, 0.15) is 6.61 Å². The predicted octanol–water partition coefficient (Wildman–Crippen LogP) is 4.55. The fourth-order valence-electron chi connectivity index (χ4n) is 2.00. The Morgan fingerprint density at radius 2 is 1.11 bits per heavy atom. The van der Waals surface area contributed by atoms with Crippen LogP contribution in [0, 0.1) is 0 Å². The van der Waals surface area contributed by atoms with Gasteiger partial charge in [-0.05, 0) is 38.5 Å². The topological polar surface area (TPSA) is 72.6 Å². The maximum absolute atomic E-state index is 11.2. The molecule has 0 aliphatic carbocycles. The van der Waals surface area contributed by atoms with Crippen LogP contribution in [0.4, 0.5) is 0 Å². The second kappa shape index (κ2) is 21.9. The van der Waals surface area contributed by atoms with Crippen molar-refractivity contribution in [2.24, 2.45) is 5.73 Å². The standard InChI is InChI=1S/C23H35NO3/c24-20-18-16-14-12-10-8-6-4-2-1-3-5-7-9-11-13-15-17-19-23(26)27-22-21-25/h1,3-4,6-7,9-10,12-13,15-16,18,25H,2,5,8,11,14,17,19-22,24H2/b3-1-,6-4-,9-7-,12-10-,15-13-,18-16-. The molecule has 0 saturated heterocycles. The molecule has 0 aliphatic heterocycles. The summed E-state index contributed by atoms with van der Waals surface area (Å²) in [4.78, 5) is 11.2. The van der Waals surface area contributed by atoms with Crippen molar-refractivity contribution in [2.45, 2.75) is 44.9 Å². The van der Waals surface area contributed by atoms with E-state index in [1.54, 1.807) is 0 Å². The lowest BCUT2D eigenvalue weighted by atomic mass is 10.2. The molecular formula is C23H35NO3. The fourth-order valence-corrected chi connectivity index (χ4v) is 2.00. The molecule has 150 valence electrons. The van der Waals surface area contributed by atoms with Gasteiger partial charge in [-0.3, -0.25) is 4.79 Å². The molecule has 3 N–H and O–H groups in total. The number of allylic oxidation sites excluding steroid dienone is 11. The molecule has 0 spiro atoms. The summed E-state index contributed by atoms with van der Waals surface area (Å²) >= 11 is 0. The number of ether oxygens (including phenoxy) is 1. The number of nitrogens with two attached hydrogens (primary N) is 1. The summed E-state index contributed by atoms with van der Waals surface area (Å²) in [6, 6.07) is 0. The molecule has 0 aromatic carbocycles. The smallest absolute Gasteiger partial charge is 0.306 e. The van der Waals surface area contributed by atoms with E-state index in [1.807, 2.05) is 18.2 Å². The van der Waals surface area contributed by atoms with E-state index in [0.29, 0.717) is 19.4 Å². The van der Waals surface area contributed by atoms with E-state index in [-0.39, 0.29) is 19.2 Å². The van der Waals surface area contributed by atoms with Crippen LogP contribution in [0.25, 0.3) is 0 Å². The van der Waals surface area contributed by atoms with Crippen molar-refractivity contribution in [3.05, 3.63) is 72.9 Å². The maximum Gasteiger partial charge on any atom is 0.306 e. The van der Waals surface area contributed by atoms with Crippen molar-refractivity contribution in [3.8, 4) is 0 Å². The summed E-state index contributed by atoms with van der Waals surface area (Å²) in [6.45, 7) is 0.568. The summed E-state index contributed by atoms with van der Waals surface area (Å²) < 4.78 is 4.77. The molecule has 4 nitrogen and oxygen atoms in total. The third kappa shape index (κ3) is 21.8. The van der Waals surface area contributed by atoms with Gasteiger partial charge >= 0.3 is 5.97 Å². The van der Waals surface area contributed by atoms with Crippen molar-refractivity contribution in [1.29, 1.82) is 0 Å². The molecule has 0 unspecified atom stereocenters. The quantitative estimate of drug-likeness (QED) is 0.307. The van der Waals surface area contributed by atoms with Crippen LogP contribution in [0.15, 0.2) is 72.9 Å². The Hall–Kier alpha value is -2.17. The Morgan fingerprint density at radius 1 is 0.704 bits per heavy atom. The molecule has 0 bridgehead atoms. The van der Waals surface area contributed by atoms with Gasteiger partial charge in [0.05, 0.1) is 6.61 Å². The lowest BCUT2D eigenvalue weighted by Crippen LogP contribution is -2.07. The van der Waals surface area contributed by atoms with Gasteiger partial charge < -0.3 is 15.6 Å². The van der Waals surface area contributed by atoms with Crippen molar-refractivity contribution in [1.82, 2.24) is 0 Å². The second-order valence-electron chi connectivity index (χ2n) is 5.73. The second-order valence-corrected chi connectivity index (χ2v) is 5.73. The molecular weight excluding hydrogens is 338 g/mol. The summed E-state index contributed by atoms with van der Waals surface area (Å²) in [5, 5.41) is 8.54. The largest absolute Gasteiger partial charge is 0.463 e. The van der Waals surface area contributed by atoms with E-state index >= 15 is 0 Å². The number of aliphatic hydroxyl groups is 1. The lowest BCUT2D eigenvalue weighted by Gasteiger charge is -1.99. The zero-order valence-electron chi connectivity index (χ0n) is 16.3. The van der Waals surface area contributed by atoms with Gasteiger partial charge in [-0.1, -0.05) is 72.9 Å². The maximum atomic E-state index is 11.2. The van der Waals surface area contributed by atoms with Gasteiger partial charge in [0.25, 0.3) is 0 Å². The molecule has 0 heterocycles. The van der Waals surface area contributed by atoms with Gasteiger partial charge in [0.2, 0.25) is 0 Å². The Morgan fingerprint density at radius 3 is 1.52 bits per heavy atom. The monoisotopic (exact) mass is 373 g/mol. The number of carbonyl (C=O) groups excluding carboxylic acids is 1. The van der Waals surface area contributed by atoms with Crippen molar-refractivity contribution in [3.63, 3.8) is 0 Å². The zero-order chi connectivity index (χ0) is 19.8. The molecule has 0 fully saturated rings. The first kappa shape index (κ1) is 24.8. The highest BCUT2D eigenvalue weighted by Crippen LogP contribution is 1.98. The number of aliphatic hydroxyl groups excluding tert-OH is 1. The summed E-state index contributed by atoms with van der Waals surface area (Å²) in [5.41, 5.74) is 5.37. The minimum atomic E-state index is -0.265. The third-order valence-electron chi connectivity index (χ3n) is 3.37. The minimum absolute atomic E-state index is 0.0824. The summed E-state index contributed by atoms with van der Waals surface area (Å²) in [5.74, 6) is -0.265. The molecule has 0 rings (SSSR count). The average Bonchev–Trinajstić information content (AvgIpc) is 2.68. The Bertz CT molecular complexity index is 514. The van der Waals surface area contributed by atoms with E-state index < -0.39 is 0 Å². The molecule has 0 amide bonds. The SMILES string of the molecule is NC/C=C\C/C=C\C/C=C\C/C=C\C/C=C\C/C=C\CCC(=O)OCCO. The molecule has 0 radical (unpaired) electrons. The Kier molecular flexibility index (Phi) is 20.1. The van der Waals surface area contributed by atoms with Gasteiger partial charge in [0.15, 0.2) is 0 Å². The molecule has 0 aromatic heterocycles. The number of hydrogen-bond acceptors (Lipinski definition) is 4. The fraction of sp³-hybridized carbons (Fsp3) is 0.435. The first-order valence-corrected chi connectivity index (χ1v) is 9.67. The molecule has 0 saturated carbocycles. The van der Waals surface area contributed by atoms with Gasteiger partial charge in [-0.25, -0.2) is 0 Å². The molecule has 4 heteroatoms. The normalized spacial score (nSPS) is 12.8. The number of esters is 1. The van der Waals surface area contributed by atoms with Gasteiger partial charge in [-0.15, -0.1) is 0 Å². The molecule has 0 aromatic rings. The summed E-state index contributed by atoms with van der Waals surface area (Å²) in [7, 11) is 0. The first-order chi connectivity index (χ1) is 13.3. The molecule has 0 aliphatic rings. The van der Waals surface area contributed by atoms with E-state index in [9.17, 15) is 4.79 Å². The van der Waals surface area contributed by atoms with E-state index in [1.165, 1.54) is 0 Å². The van der Waals surface area contributed by atoms with Crippen LogP contribution in [0.2, 0.25) is 0 Å². The van der Waals surface area contributed by atoms with Crippen LogP contribution in [0.1, 0.15) is 44.9 Å². The number of rotatable bonds is 16. The van der Waals surface area contributed by atoms with Crippen LogP contribution < -0.4 is 5.73 Å². The van der Waals surface area contributed by atoms with Crippen LogP contribution in [-0.2, 0) is 9.53 Å².